The number of carbonyl (C=O) groups is 2. The van der Waals surface area contributed by atoms with Crippen molar-refractivity contribution in [2.24, 2.45) is 5.73 Å². The third kappa shape index (κ3) is 4.81. The van der Waals surface area contributed by atoms with Gasteiger partial charge >= 0.3 is 0 Å². The van der Waals surface area contributed by atoms with E-state index >= 15 is 0 Å². The maximum atomic E-state index is 11.9. The van der Waals surface area contributed by atoms with E-state index in [1.165, 1.54) is 11.8 Å². The van der Waals surface area contributed by atoms with Crippen molar-refractivity contribution in [1.29, 1.82) is 0 Å². The number of thioether (sulfide) groups is 1. The third-order valence-electron chi connectivity index (χ3n) is 2.61. The molecule has 0 aromatic heterocycles. The van der Waals surface area contributed by atoms with Crippen LogP contribution in [-0.4, -0.2) is 17.6 Å². The quantitative estimate of drug-likeness (QED) is 0.831. The zero-order chi connectivity index (χ0) is 15.2. The van der Waals surface area contributed by atoms with E-state index in [-0.39, 0.29) is 11.7 Å². The van der Waals surface area contributed by atoms with Gasteiger partial charge in [-0.25, -0.2) is 0 Å². The molecule has 0 aliphatic heterocycles. The van der Waals surface area contributed by atoms with Crippen LogP contribution in [0.3, 0.4) is 0 Å². The van der Waals surface area contributed by atoms with E-state index in [1.54, 1.807) is 36.4 Å². The van der Waals surface area contributed by atoms with Crippen molar-refractivity contribution < 1.29 is 9.59 Å². The number of benzene rings is 2. The Balaban J connectivity index is 1.91. The lowest BCUT2D eigenvalue weighted by Crippen LogP contribution is -2.15. The van der Waals surface area contributed by atoms with Crippen LogP contribution >= 0.6 is 23.4 Å². The van der Waals surface area contributed by atoms with E-state index in [0.717, 1.165) is 4.90 Å². The molecule has 0 unspecified atom stereocenters. The smallest absolute Gasteiger partial charge is 0.248 e. The van der Waals surface area contributed by atoms with Crippen molar-refractivity contribution in [3.63, 3.8) is 0 Å². The first-order valence-corrected chi connectivity index (χ1v) is 7.49. The van der Waals surface area contributed by atoms with Crippen LogP contribution in [0.1, 0.15) is 10.4 Å². The zero-order valence-corrected chi connectivity index (χ0v) is 12.6. The molecule has 0 radical (unpaired) electrons. The summed E-state index contributed by atoms with van der Waals surface area (Å²) in [6.07, 6.45) is 0. The highest BCUT2D eigenvalue weighted by Gasteiger charge is 2.06. The number of hydrogen-bond acceptors (Lipinski definition) is 3. The predicted molar refractivity (Wildman–Crippen MR) is 85.8 cm³/mol. The van der Waals surface area contributed by atoms with Gasteiger partial charge in [-0.2, -0.15) is 0 Å². The van der Waals surface area contributed by atoms with E-state index in [4.69, 9.17) is 17.3 Å². The van der Waals surface area contributed by atoms with Crippen molar-refractivity contribution >= 4 is 40.9 Å². The van der Waals surface area contributed by atoms with Crippen LogP contribution < -0.4 is 11.1 Å². The lowest BCUT2D eigenvalue weighted by atomic mass is 10.2. The Kier molecular flexibility index (Phi) is 5.25. The fourth-order valence-electron chi connectivity index (χ4n) is 1.63. The van der Waals surface area contributed by atoms with E-state index in [0.29, 0.717) is 16.3 Å². The molecule has 0 spiro atoms. The molecule has 0 saturated heterocycles. The highest BCUT2D eigenvalue weighted by atomic mass is 35.5. The Morgan fingerprint density at radius 3 is 2.52 bits per heavy atom. The Morgan fingerprint density at radius 1 is 1.14 bits per heavy atom. The summed E-state index contributed by atoms with van der Waals surface area (Å²) in [6, 6.07) is 13.8. The molecule has 21 heavy (non-hydrogen) atoms. The molecule has 108 valence electrons. The van der Waals surface area contributed by atoms with Crippen molar-refractivity contribution in [3.8, 4) is 0 Å². The van der Waals surface area contributed by atoms with Crippen LogP contribution in [0.4, 0.5) is 5.69 Å². The second-order valence-electron chi connectivity index (χ2n) is 4.24. The van der Waals surface area contributed by atoms with Gasteiger partial charge in [-0.1, -0.05) is 17.7 Å². The van der Waals surface area contributed by atoms with Gasteiger partial charge in [0.05, 0.1) is 5.75 Å². The van der Waals surface area contributed by atoms with Crippen LogP contribution in [-0.2, 0) is 4.79 Å². The molecule has 2 aromatic rings. The second kappa shape index (κ2) is 7.15. The lowest BCUT2D eigenvalue weighted by Gasteiger charge is -2.06. The molecule has 2 aromatic carbocycles. The highest BCUT2D eigenvalue weighted by molar-refractivity contribution is 8.00. The van der Waals surface area contributed by atoms with E-state index in [9.17, 15) is 9.59 Å². The first-order valence-electron chi connectivity index (χ1n) is 6.12. The van der Waals surface area contributed by atoms with Crippen LogP contribution in [0.2, 0.25) is 5.02 Å². The summed E-state index contributed by atoms with van der Waals surface area (Å²) in [5, 5.41) is 3.38. The number of primary amides is 1. The standard InChI is InChI=1S/C15H13ClN2O2S/c16-11-4-6-13(7-5-11)21-9-14(19)18-12-3-1-2-10(8-12)15(17)20/h1-8H,9H2,(H2,17,20)(H,18,19). The number of nitrogens with two attached hydrogens (primary N) is 1. The first kappa shape index (κ1) is 15.4. The minimum absolute atomic E-state index is 0.156. The van der Waals surface area contributed by atoms with Crippen LogP contribution in [0.25, 0.3) is 0 Å². The Morgan fingerprint density at radius 2 is 1.86 bits per heavy atom. The van der Waals surface area contributed by atoms with Gasteiger partial charge in [-0.3, -0.25) is 9.59 Å². The molecule has 0 saturated carbocycles. The molecule has 6 heteroatoms. The molecule has 3 N–H and O–H groups in total. The SMILES string of the molecule is NC(=O)c1cccc(NC(=O)CSc2ccc(Cl)cc2)c1. The molecule has 0 bridgehead atoms. The van der Waals surface area contributed by atoms with Gasteiger partial charge in [0, 0.05) is 21.2 Å². The van der Waals surface area contributed by atoms with E-state index in [1.807, 2.05) is 12.1 Å². The fraction of sp³-hybridized carbons (Fsp3) is 0.0667. The summed E-state index contributed by atoms with van der Waals surface area (Å²) in [4.78, 5) is 23.9. The molecule has 2 amide bonds. The zero-order valence-electron chi connectivity index (χ0n) is 11.0. The summed E-state index contributed by atoms with van der Waals surface area (Å²) in [5.74, 6) is -0.416. The maximum absolute atomic E-state index is 11.9. The van der Waals surface area contributed by atoms with Gasteiger partial charge in [-0.05, 0) is 42.5 Å². The first-order chi connectivity index (χ1) is 10.0. The van der Waals surface area contributed by atoms with Crippen LogP contribution in [0.5, 0.6) is 0 Å². The van der Waals surface area contributed by atoms with Gasteiger partial charge in [0.2, 0.25) is 11.8 Å². The third-order valence-corrected chi connectivity index (χ3v) is 3.88. The molecule has 4 nitrogen and oxygen atoms in total. The Labute approximate surface area is 131 Å². The minimum atomic E-state index is -0.526. The normalized spacial score (nSPS) is 10.1. The molecule has 0 atom stereocenters. The lowest BCUT2D eigenvalue weighted by molar-refractivity contribution is -0.113. The topological polar surface area (TPSA) is 72.2 Å². The van der Waals surface area contributed by atoms with Gasteiger partial charge in [0.1, 0.15) is 0 Å². The summed E-state index contributed by atoms with van der Waals surface area (Å²) < 4.78 is 0. The largest absolute Gasteiger partial charge is 0.366 e. The molecular formula is C15H13ClN2O2S. The van der Waals surface area contributed by atoms with Gasteiger partial charge in [-0.15, -0.1) is 11.8 Å². The van der Waals surface area contributed by atoms with Crippen molar-refractivity contribution in [2.75, 3.05) is 11.1 Å². The summed E-state index contributed by atoms with van der Waals surface area (Å²) in [5.41, 5.74) is 6.10. The monoisotopic (exact) mass is 320 g/mol. The number of carbonyl (C=O) groups excluding carboxylic acids is 2. The van der Waals surface area contributed by atoms with Crippen molar-refractivity contribution in [1.82, 2.24) is 0 Å². The number of rotatable bonds is 5. The molecule has 2 rings (SSSR count). The fourth-order valence-corrected chi connectivity index (χ4v) is 2.45. The Bertz CT molecular complexity index is 659. The molecular weight excluding hydrogens is 308 g/mol. The summed E-state index contributed by atoms with van der Waals surface area (Å²) >= 11 is 7.20. The summed E-state index contributed by atoms with van der Waals surface area (Å²) in [6.45, 7) is 0. The average Bonchev–Trinajstić information content (AvgIpc) is 2.47. The molecule has 0 aliphatic carbocycles. The summed E-state index contributed by atoms with van der Waals surface area (Å²) in [7, 11) is 0. The number of anilines is 1. The minimum Gasteiger partial charge on any atom is -0.366 e. The highest BCUT2D eigenvalue weighted by Crippen LogP contribution is 2.20. The van der Waals surface area contributed by atoms with Gasteiger partial charge in [0.25, 0.3) is 0 Å². The van der Waals surface area contributed by atoms with Crippen LogP contribution in [0, 0.1) is 0 Å². The number of halogens is 1. The van der Waals surface area contributed by atoms with Gasteiger partial charge in [0.15, 0.2) is 0 Å². The second-order valence-corrected chi connectivity index (χ2v) is 5.72. The van der Waals surface area contributed by atoms with Crippen molar-refractivity contribution in [2.45, 2.75) is 4.90 Å². The average molecular weight is 321 g/mol. The molecule has 0 heterocycles. The van der Waals surface area contributed by atoms with Crippen LogP contribution in [0.15, 0.2) is 53.4 Å². The molecule has 0 aliphatic rings. The van der Waals surface area contributed by atoms with Crippen molar-refractivity contribution in [3.05, 3.63) is 59.1 Å². The number of nitrogens with one attached hydrogen (secondary N) is 1. The van der Waals surface area contributed by atoms with E-state index in [2.05, 4.69) is 5.32 Å². The number of hydrogen-bond donors (Lipinski definition) is 2. The maximum Gasteiger partial charge on any atom is 0.248 e. The van der Waals surface area contributed by atoms with Gasteiger partial charge < -0.3 is 11.1 Å². The van der Waals surface area contributed by atoms with E-state index < -0.39 is 5.91 Å². The predicted octanol–water partition coefficient (Wildman–Crippen LogP) is 3.17. The molecule has 0 fully saturated rings. The Hall–Kier alpha value is -1.98. The number of amides is 2.